The lowest BCUT2D eigenvalue weighted by atomic mass is 9.77. The zero-order chi connectivity index (χ0) is 15.7. The highest BCUT2D eigenvalue weighted by Crippen LogP contribution is 2.36. The van der Waals surface area contributed by atoms with Crippen molar-refractivity contribution in [2.24, 2.45) is 0 Å². The highest BCUT2D eigenvalue weighted by molar-refractivity contribution is 7.92. The maximum atomic E-state index is 12.2. The van der Waals surface area contributed by atoms with E-state index >= 15 is 0 Å². The van der Waals surface area contributed by atoms with Crippen LogP contribution in [0.1, 0.15) is 59.8 Å². The summed E-state index contributed by atoms with van der Waals surface area (Å²) in [6, 6.07) is 0. The van der Waals surface area contributed by atoms with Gasteiger partial charge in [0.25, 0.3) is 0 Å². The minimum absolute atomic E-state index is 0.0737. The predicted octanol–water partition coefficient (Wildman–Crippen LogP) is 2.20. The number of nitrogens with one attached hydrogen (secondary N) is 1. The van der Waals surface area contributed by atoms with E-state index in [1.807, 2.05) is 0 Å². The molecule has 1 saturated heterocycles. The quantitative estimate of drug-likeness (QED) is 0.864. The molecule has 124 valence electrons. The smallest absolute Gasteiger partial charge is 0.153 e. The number of hydrogen-bond acceptors (Lipinski definition) is 4. The molecule has 1 heterocycles. The molecular formula is C16H32N2O2S. The maximum absolute atomic E-state index is 12.2. The lowest BCUT2D eigenvalue weighted by molar-refractivity contribution is -0.00535. The van der Waals surface area contributed by atoms with Crippen molar-refractivity contribution in [2.45, 2.75) is 76.1 Å². The van der Waals surface area contributed by atoms with E-state index in [9.17, 15) is 8.42 Å². The Kier molecular flexibility index (Phi) is 5.06. The van der Waals surface area contributed by atoms with Gasteiger partial charge in [-0.1, -0.05) is 19.3 Å². The van der Waals surface area contributed by atoms with Gasteiger partial charge in [0.05, 0.1) is 11.0 Å². The summed E-state index contributed by atoms with van der Waals surface area (Å²) in [5.74, 6) is 0.294. The fourth-order valence-corrected chi connectivity index (χ4v) is 4.65. The van der Waals surface area contributed by atoms with E-state index in [2.05, 4.69) is 24.1 Å². The molecule has 0 aromatic carbocycles. The zero-order valence-electron chi connectivity index (χ0n) is 14.1. The Morgan fingerprint density at radius 3 is 2.33 bits per heavy atom. The molecule has 0 bridgehead atoms. The molecule has 1 aliphatic heterocycles. The Labute approximate surface area is 130 Å². The number of sulfone groups is 1. The summed E-state index contributed by atoms with van der Waals surface area (Å²) >= 11 is 0. The van der Waals surface area contributed by atoms with Gasteiger partial charge in [0.2, 0.25) is 0 Å². The molecule has 1 aliphatic carbocycles. The van der Waals surface area contributed by atoms with Gasteiger partial charge in [0.1, 0.15) is 0 Å². The highest BCUT2D eigenvalue weighted by Gasteiger charge is 2.44. The Hall–Kier alpha value is -0.130. The van der Waals surface area contributed by atoms with Crippen molar-refractivity contribution in [1.82, 2.24) is 10.2 Å². The third-order valence-corrected chi connectivity index (χ3v) is 7.49. The summed E-state index contributed by atoms with van der Waals surface area (Å²) < 4.78 is 24.3. The molecule has 1 saturated carbocycles. The first kappa shape index (κ1) is 17.2. The summed E-state index contributed by atoms with van der Waals surface area (Å²) in [6.45, 7) is 10.6. The number of hydrogen-bond donors (Lipinski definition) is 1. The fraction of sp³-hybridized carbons (Fsp3) is 1.00. The molecule has 5 heteroatoms. The summed E-state index contributed by atoms with van der Waals surface area (Å²) in [4.78, 5) is 2.49. The van der Waals surface area contributed by atoms with Crippen LogP contribution in [0.25, 0.3) is 0 Å². The predicted molar refractivity (Wildman–Crippen MR) is 88.4 cm³/mol. The largest absolute Gasteiger partial charge is 0.309 e. The molecule has 2 rings (SSSR count). The van der Waals surface area contributed by atoms with Crippen molar-refractivity contribution in [2.75, 3.05) is 25.4 Å². The fourth-order valence-electron chi connectivity index (χ4n) is 3.71. The van der Waals surface area contributed by atoms with Crippen molar-refractivity contribution in [3.8, 4) is 0 Å². The summed E-state index contributed by atoms with van der Waals surface area (Å²) in [6.07, 6.45) is 6.28. The van der Waals surface area contributed by atoms with Gasteiger partial charge in [0.15, 0.2) is 9.84 Å². The van der Waals surface area contributed by atoms with Crippen LogP contribution in [0.3, 0.4) is 0 Å². The molecule has 1 N–H and O–H groups in total. The van der Waals surface area contributed by atoms with E-state index < -0.39 is 9.84 Å². The molecule has 4 nitrogen and oxygen atoms in total. The Bertz CT molecular complexity index is 451. The average Bonchev–Trinajstić information content (AvgIpc) is 2.41. The average molecular weight is 317 g/mol. The molecule has 0 aromatic rings. The molecule has 21 heavy (non-hydrogen) atoms. The number of rotatable bonds is 4. The molecule has 1 spiro atoms. The van der Waals surface area contributed by atoms with Crippen molar-refractivity contribution < 1.29 is 8.42 Å². The van der Waals surface area contributed by atoms with E-state index in [0.717, 1.165) is 13.1 Å². The van der Waals surface area contributed by atoms with Gasteiger partial charge in [-0.25, -0.2) is 8.42 Å². The van der Waals surface area contributed by atoms with Crippen molar-refractivity contribution in [1.29, 1.82) is 0 Å². The normalized spacial score (nSPS) is 26.3. The second-order valence-corrected chi connectivity index (χ2v) is 10.5. The van der Waals surface area contributed by atoms with Crippen LogP contribution in [0.5, 0.6) is 0 Å². The van der Waals surface area contributed by atoms with E-state index in [1.165, 1.54) is 32.1 Å². The van der Waals surface area contributed by atoms with Crippen LogP contribution in [0.2, 0.25) is 0 Å². The van der Waals surface area contributed by atoms with Crippen LogP contribution >= 0.6 is 0 Å². The van der Waals surface area contributed by atoms with E-state index in [1.54, 1.807) is 13.8 Å². The zero-order valence-corrected chi connectivity index (χ0v) is 14.9. The summed E-state index contributed by atoms with van der Waals surface area (Å²) in [7, 11) is -2.95. The van der Waals surface area contributed by atoms with Gasteiger partial charge in [-0.05, 0) is 40.5 Å². The first-order valence-corrected chi connectivity index (χ1v) is 10.1. The first-order chi connectivity index (χ1) is 9.67. The second kappa shape index (κ2) is 6.17. The summed E-state index contributed by atoms with van der Waals surface area (Å²) in [5, 5.41) is 3.41. The second-order valence-electron chi connectivity index (χ2n) is 7.86. The van der Waals surface area contributed by atoms with Crippen LogP contribution in [-0.4, -0.2) is 55.0 Å². The molecule has 0 atom stereocenters. The number of piperazine rings is 1. The van der Waals surface area contributed by atoms with E-state index in [0.29, 0.717) is 12.3 Å². The van der Waals surface area contributed by atoms with E-state index in [-0.39, 0.29) is 16.3 Å². The van der Waals surface area contributed by atoms with Gasteiger partial charge in [0, 0.05) is 30.7 Å². The Morgan fingerprint density at radius 2 is 1.76 bits per heavy atom. The Morgan fingerprint density at radius 1 is 1.14 bits per heavy atom. The molecule has 0 unspecified atom stereocenters. The maximum Gasteiger partial charge on any atom is 0.153 e. The highest BCUT2D eigenvalue weighted by atomic mass is 32.2. The molecule has 0 radical (unpaired) electrons. The van der Waals surface area contributed by atoms with Gasteiger partial charge < -0.3 is 5.32 Å². The van der Waals surface area contributed by atoms with Crippen LogP contribution in [0.15, 0.2) is 0 Å². The lowest BCUT2D eigenvalue weighted by Gasteiger charge is -2.54. The lowest BCUT2D eigenvalue weighted by Crippen LogP contribution is -2.69. The van der Waals surface area contributed by atoms with Crippen LogP contribution < -0.4 is 5.32 Å². The van der Waals surface area contributed by atoms with Crippen LogP contribution in [0, 0.1) is 0 Å². The topological polar surface area (TPSA) is 49.4 Å². The van der Waals surface area contributed by atoms with Gasteiger partial charge >= 0.3 is 0 Å². The minimum Gasteiger partial charge on any atom is -0.309 e. The van der Waals surface area contributed by atoms with Crippen LogP contribution in [0.4, 0.5) is 0 Å². The van der Waals surface area contributed by atoms with Crippen LogP contribution in [-0.2, 0) is 9.84 Å². The van der Waals surface area contributed by atoms with Crippen molar-refractivity contribution in [3.63, 3.8) is 0 Å². The van der Waals surface area contributed by atoms with Crippen molar-refractivity contribution in [3.05, 3.63) is 0 Å². The summed E-state index contributed by atoms with van der Waals surface area (Å²) in [5.41, 5.74) is 0.268. The molecule has 2 fully saturated rings. The third-order valence-electron chi connectivity index (χ3n) is 5.30. The standard InChI is InChI=1S/C16H32N2O2S/c1-14(2)21(19,20)11-10-18-13-15(3,4)17-12-16(18)8-6-5-7-9-16/h14,17H,5-13H2,1-4H3. The third kappa shape index (κ3) is 3.99. The first-order valence-electron chi connectivity index (χ1n) is 8.39. The molecule has 0 amide bonds. The van der Waals surface area contributed by atoms with E-state index in [4.69, 9.17) is 0 Å². The number of nitrogens with zero attached hydrogens (tertiary/aromatic N) is 1. The van der Waals surface area contributed by atoms with Gasteiger partial charge in [-0.15, -0.1) is 0 Å². The molecule has 2 aliphatic rings. The molecule has 0 aromatic heterocycles. The monoisotopic (exact) mass is 316 g/mol. The minimum atomic E-state index is -2.95. The van der Waals surface area contributed by atoms with Crippen molar-refractivity contribution >= 4 is 9.84 Å². The SMILES string of the molecule is CC(C)S(=O)(=O)CCN1CC(C)(C)NCC12CCCCC2. The van der Waals surface area contributed by atoms with Gasteiger partial charge in [-0.2, -0.15) is 0 Å². The Balaban J connectivity index is 2.11. The molecular weight excluding hydrogens is 284 g/mol. The van der Waals surface area contributed by atoms with Gasteiger partial charge in [-0.3, -0.25) is 4.90 Å².